The van der Waals surface area contributed by atoms with Crippen molar-refractivity contribution >= 4 is 11.3 Å². The lowest BCUT2D eigenvalue weighted by molar-refractivity contribution is 0.415. The van der Waals surface area contributed by atoms with Crippen LogP contribution in [0, 0.1) is 0 Å². The van der Waals surface area contributed by atoms with Gasteiger partial charge in [0.15, 0.2) is 0 Å². The van der Waals surface area contributed by atoms with E-state index in [1.807, 2.05) is 4.57 Å². The summed E-state index contributed by atoms with van der Waals surface area (Å²) in [6, 6.07) is 6.73. The van der Waals surface area contributed by atoms with E-state index in [4.69, 9.17) is 0 Å². The Morgan fingerprint density at radius 2 is 1.76 bits per heavy atom. The van der Waals surface area contributed by atoms with Crippen LogP contribution in [0.4, 0.5) is 5.69 Å². The molecule has 0 bridgehead atoms. The summed E-state index contributed by atoms with van der Waals surface area (Å²) in [6.45, 7) is 8.99. The van der Waals surface area contributed by atoms with Crippen molar-refractivity contribution in [2.24, 2.45) is 0 Å². The highest BCUT2D eigenvalue weighted by molar-refractivity contribution is 5.83. The van der Waals surface area contributed by atoms with Gasteiger partial charge in [0.1, 0.15) is 24.5 Å². The van der Waals surface area contributed by atoms with E-state index in [0.29, 0.717) is 0 Å². The Balaban J connectivity index is 2.12. The molecule has 0 saturated carbocycles. The number of hydrogen-bond acceptors (Lipinski definition) is 2. The summed E-state index contributed by atoms with van der Waals surface area (Å²) >= 11 is 0. The molecule has 4 nitrogen and oxygen atoms in total. The second kappa shape index (κ2) is 5.45. The molecular formula is C17H23N4+. The summed E-state index contributed by atoms with van der Waals surface area (Å²) in [7, 11) is 0. The fraction of sp³-hybridized carbons (Fsp3) is 0.412. The van der Waals surface area contributed by atoms with Crippen LogP contribution in [0.2, 0.25) is 0 Å². The minimum atomic E-state index is 0.965. The normalized spacial score (nSPS) is 15.9. The lowest BCUT2D eigenvalue weighted by atomic mass is 10.0. The monoisotopic (exact) mass is 283 g/mol. The Hall–Kier alpha value is -1.94. The first kappa shape index (κ1) is 14.0. The summed E-state index contributed by atoms with van der Waals surface area (Å²) in [4.78, 5) is 0. The fourth-order valence-electron chi connectivity index (χ4n) is 3.32. The fourth-order valence-corrected chi connectivity index (χ4v) is 3.32. The molecule has 0 atom stereocenters. The second-order valence-electron chi connectivity index (χ2n) is 5.64. The van der Waals surface area contributed by atoms with Gasteiger partial charge in [-0.25, -0.2) is 0 Å². The van der Waals surface area contributed by atoms with Crippen LogP contribution in [0.1, 0.15) is 39.2 Å². The molecule has 4 heteroatoms. The van der Waals surface area contributed by atoms with Crippen LogP contribution >= 0.6 is 0 Å². The highest BCUT2D eigenvalue weighted by Crippen LogP contribution is 2.42. The number of quaternary nitrogens is 1. The predicted octanol–water partition coefficient (Wildman–Crippen LogP) is 3.77. The zero-order valence-electron chi connectivity index (χ0n) is 13.1. The van der Waals surface area contributed by atoms with Gasteiger partial charge in [-0.05, 0) is 32.4 Å². The maximum absolute atomic E-state index is 3.90. The summed E-state index contributed by atoms with van der Waals surface area (Å²) in [5.41, 5.74) is 5.44. The average molecular weight is 283 g/mol. The minimum Gasteiger partial charge on any atom is -0.288 e. The van der Waals surface area contributed by atoms with E-state index >= 15 is 0 Å². The van der Waals surface area contributed by atoms with E-state index in [2.05, 4.69) is 55.4 Å². The maximum atomic E-state index is 3.90. The SMILES string of the molecule is CCCC1=C[N+](CC)(CC)c2ccc(-n3cnnc3)cc21. The molecule has 2 aromatic rings. The topological polar surface area (TPSA) is 30.7 Å². The first-order chi connectivity index (χ1) is 10.2. The molecule has 0 unspecified atom stereocenters. The van der Waals surface area contributed by atoms with E-state index in [0.717, 1.165) is 29.7 Å². The Morgan fingerprint density at radius 3 is 2.38 bits per heavy atom. The molecule has 0 saturated heterocycles. The third-order valence-electron chi connectivity index (χ3n) is 4.57. The third kappa shape index (κ3) is 2.20. The van der Waals surface area contributed by atoms with E-state index in [1.165, 1.54) is 23.2 Å². The van der Waals surface area contributed by atoms with Gasteiger partial charge in [-0.15, -0.1) is 10.2 Å². The quantitative estimate of drug-likeness (QED) is 0.782. The van der Waals surface area contributed by atoms with Crippen molar-refractivity contribution in [1.82, 2.24) is 19.2 Å². The van der Waals surface area contributed by atoms with Crippen molar-refractivity contribution in [3.63, 3.8) is 0 Å². The third-order valence-corrected chi connectivity index (χ3v) is 4.57. The van der Waals surface area contributed by atoms with Crippen molar-refractivity contribution in [1.29, 1.82) is 0 Å². The molecule has 0 radical (unpaired) electrons. The average Bonchev–Trinajstić information content (AvgIpc) is 3.14. The molecule has 0 N–H and O–H groups in total. The molecular weight excluding hydrogens is 260 g/mol. The number of allylic oxidation sites excluding steroid dienone is 1. The van der Waals surface area contributed by atoms with Crippen molar-refractivity contribution in [3.05, 3.63) is 42.6 Å². The zero-order valence-corrected chi connectivity index (χ0v) is 13.1. The van der Waals surface area contributed by atoms with Crippen LogP contribution in [0.25, 0.3) is 11.3 Å². The van der Waals surface area contributed by atoms with Gasteiger partial charge >= 0.3 is 0 Å². The number of rotatable bonds is 5. The lowest BCUT2D eigenvalue weighted by Gasteiger charge is -2.29. The Bertz CT molecular complexity index is 651. The lowest BCUT2D eigenvalue weighted by Crippen LogP contribution is -2.41. The molecule has 2 heterocycles. The molecule has 110 valence electrons. The first-order valence-corrected chi connectivity index (χ1v) is 7.82. The number of benzene rings is 1. The number of hydrogen-bond donors (Lipinski definition) is 0. The number of nitrogens with zero attached hydrogens (tertiary/aromatic N) is 4. The molecule has 21 heavy (non-hydrogen) atoms. The highest BCUT2D eigenvalue weighted by atomic mass is 15.4. The van der Waals surface area contributed by atoms with Crippen molar-refractivity contribution in [2.75, 3.05) is 13.1 Å². The maximum Gasteiger partial charge on any atom is 0.145 e. The second-order valence-corrected chi connectivity index (χ2v) is 5.64. The predicted molar refractivity (Wildman–Crippen MR) is 87.1 cm³/mol. The molecule has 1 aromatic heterocycles. The van der Waals surface area contributed by atoms with Gasteiger partial charge in [-0.3, -0.25) is 9.05 Å². The van der Waals surface area contributed by atoms with E-state index in [9.17, 15) is 0 Å². The van der Waals surface area contributed by atoms with Crippen LogP contribution in [0.5, 0.6) is 0 Å². The van der Waals surface area contributed by atoms with E-state index < -0.39 is 0 Å². The molecule has 1 aliphatic rings. The Kier molecular flexibility index (Phi) is 3.64. The summed E-state index contributed by atoms with van der Waals surface area (Å²) in [5, 5.41) is 7.81. The van der Waals surface area contributed by atoms with Gasteiger partial charge in [0, 0.05) is 22.9 Å². The van der Waals surface area contributed by atoms with Gasteiger partial charge in [0.25, 0.3) is 0 Å². The molecule has 1 aromatic carbocycles. The van der Waals surface area contributed by atoms with Gasteiger partial charge in [0.2, 0.25) is 0 Å². The Morgan fingerprint density at radius 1 is 1.05 bits per heavy atom. The molecule has 0 spiro atoms. The molecule has 0 amide bonds. The summed E-state index contributed by atoms with van der Waals surface area (Å²) < 4.78 is 2.93. The van der Waals surface area contributed by atoms with Crippen LogP contribution in [0.15, 0.2) is 37.1 Å². The minimum absolute atomic E-state index is 0.965. The van der Waals surface area contributed by atoms with Crippen LogP contribution in [-0.2, 0) is 0 Å². The zero-order chi connectivity index (χ0) is 14.9. The van der Waals surface area contributed by atoms with Crippen LogP contribution in [0.3, 0.4) is 0 Å². The van der Waals surface area contributed by atoms with Gasteiger partial charge in [-0.1, -0.05) is 13.3 Å². The molecule has 0 aliphatic carbocycles. The Labute approximate surface area is 126 Å². The molecule has 1 aliphatic heterocycles. The van der Waals surface area contributed by atoms with E-state index in [-0.39, 0.29) is 0 Å². The standard InChI is InChI=1S/C17H23N4/c1-4-7-14-11-21(5-2,6-3)17-9-8-15(10-16(14)17)20-12-18-19-13-20/h8-13H,4-7H2,1-3H3/q+1. The molecule has 0 fully saturated rings. The van der Waals surface area contributed by atoms with Crippen molar-refractivity contribution in [2.45, 2.75) is 33.6 Å². The van der Waals surface area contributed by atoms with E-state index in [1.54, 1.807) is 12.7 Å². The highest BCUT2D eigenvalue weighted by Gasteiger charge is 2.35. The van der Waals surface area contributed by atoms with Gasteiger partial charge < -0.3 is 0 Å². The smallest absolute Gasteiger partial charge is 0.145 e. The van der Waals surface area contributed by atoms with Crippen LogP contribution in [-0.4, -0.2) is 27.9 Å². The largest absolute Gasteiger partial charge is 0.288 e. The van der Waals surface area contributed by atoms with Gasteiger partial charge in [0.05, 0.1) is 13.1 Å². The summed E-state index contributed by atoms with van der Waals surface area (Å²) in [5.74, 6) is 0. The molecule has 3 rings (SSSR count). The van der Waals surface area contributed by atoms with Gasteiger partial charge in [-0.2, -0.15) is 0 Å². The first-order valence-electron chi connectivity index (χ1n) is 7.82. The number of fused-ring (bicyclic) bond motifs is 1. The van der Waals surface area contributed by atoms with Crippen molar-refractivity contribution in [3.8, 4) is 5.69 Å². The van der Waals surface area contributed by atoms with Crippen LogP contribution < -0.4 is 4.48 Å². The van der Waals surface area contributed by atoms with Crippen molar-refractivity contribution < 1.29 is 0 Å². The number of aromatic nitrogens is 3. The summed E-state index contributed by atoms with van der Waals surface area (Å²) in [6.07, 6.45) is 8.28.